The van der Waals surface area contributed by atoms with Crippen LogP contribution in [0.3, 0.4) is 0 Å². The molecule has 2 rings (SSSR count). The second kappa shape index (κ2) is 2.55. The van der Waals surface area contributed by atoms with Gasteiger partial charge in [0.2, 0.25) is 0 Å². The van der Waals surface area contributed by atoms with Gasteiger partial charge in [-0.2, -0.15) is 0 Å². The molecule has 2 aromatic heterocycles. The molecule has 0 aromatic carbocycles. The van der Waals surface area contributed by atoms with Crippen LogP contribution in [-0.4, -0.2) is 15.1 Å². The average molecular weight is 163 g/mol. The Kier molecular flexibility index (Phi) is 1.53. The maximum atomic E-state index is 4.99. The second-order valence-corrected chi connectivity index (χ2v) is 2.93. The number of fused-ring (bicyclic) bond motifs is 1. The maximum Gasteiger partial charge on any atom is 0.276 e. The van der Waals surface area contributed by atoms with Gasteiger partial charge in [0.15, 0.2) is 5.52 Å². The van der Waals surface area contributed by atoms with E-state index in [4.69, 9.17) is 4.52 Å². The van der Waals surface area contributed by atoms with Crippen molar-refractivity contribution in [1.82, 2.24) is 15.1 Å². The number of nitrogens with zero attached hydrogens (tertiary/aromatic N) is 3. The van der Waals surface area contributed by atoms with E-state index in [0.717, 1.165) is 11.2 Å². The fourth-order valence-electron chi connectivity index (χ4n) is 1.08. The van der Waals surface area contributed by atoms with E-state index in [2.05, 4.69) is 15.1 Å². The summed E-state index contributed by atoms with van der Waals surface area (Å²) in [7, 11) is 0. The molecule has 4 heteroatoms. The largest absolute Gasteiger partial charge is 0.334 e. The van der Waals surface area contributed by atoms with Gasteiger partial charge in [0.25, 0.3) is 5.71 Å². The van der Waals surface area contributed by atoms with Gasteiger partial charge < -0.3 is 4.52 Å². The van der Waals surface area contributed by atoms with E-state index in [1.165, 1.54) is 0 Å². The fraction of sp³-hybridized carbons (Fsp3) is 0.375. The zero-order chi connectivity index (χ0) is 8.55. The monoisotopic (exact) mass is 163 g/mol. The zero-order valence-electron chi connectivity index (χ0n) is 6.98. The smallest absolute Gasteiger partial charge is 0.276 e. The lowest BCUT2D eigenvalue weighted by molar-refractivity contribution is 0.434. The van der Waals surface area contributed by atoms with Gasteiger partial charge in [0.05, 0.1) is 0 Å². The Balaban J connectivity index is 2.70. The quantitative estimate of drug-likeness (QED) is 0.642. The first-order valence-corrected chi connectivity index (χ1v) is 3.85. The van der Waals surface area contributed by atoms with Crippen LogP contribution in [0, 0.1) is 0 Å². The number of hydrogen-bond donors (Lipinski definition) is 0. The van der Waals surface area contributed by atoms with Crippen LogP contribution in [0.4, 0.5) is 0 Å². The minimum absolute atomic E-state index is 0.322. The molecule has 0 saturated carbocycles. The van der Waals surface area contributed by atoms with Gasteiger partial charge in [-0.1, -0.05) is 19.0 Å². The molecule has 0 unspecified atom stereocenters. The van der Waals surface area contributed by atoms with Crippen LogP contribution in [0.25, 0.3) is 11.2 Å². The van der Waals surface area contributed by atoms with Gasteiger partial charge in [-0.25, -0.2) is 9.97 Å². The third-order valence-electron chi connectivity index (χ3n) is 1.68. The summed E-state index contributed by atoms with van der Waals surface area (Å²) < 4.78 is 4.99. The molecule has 0 N–H and O–H groups in total. The highest BCUT2D eigenvalue weighted by Crippen LogP contribution is 2.20. The van der Waals surface area contributed by atoms with Crippen molar-refractivity contribution in [3.05, 3.63) is 18.1 Å². The third-order valence-corrected chi connectivity index (χ3v) is 1.68. The van der Waals surface area contributed by atoms with E-state index in [0.29, 0.717) is 11.6 Å². The topological polar surface area (TPSA) is 51.8 Å². The molecule has 62 valence electrons. The lowest BCUT2D eigenvalue weighted by Crippen LogP contribution is -1.88. The van der Waals surface area contributed by atoms with Crippen LogP contribution in [0.5, 0.6) is 0 Å². The van der Waals surface area contributed by atoms with Crippen LogP contribution in [0.1, 0.15) is 25.5 Å². The molecule has 0 aliphatic carbocycles. The van der Waals surface area contributed by atoms with Gasteiger partial charge >= 0.3 is 0 Å². The summed E-state index contributed by atoms with van der Waals surface area (Å²) in [6.45, 7) is 4.10. The molecule has 0 aliphatic heterocycles. The van der Waals surface area contributed by atoms with E-state index in [-0.39, 0.29) is 0 Å². The average Bonchev–Trinajstić information content (AvgIpc) is 2.47. The zero-order valence-corrected chi connectivity index (χ0v) is 6.98. The van der Waals surface area contributed by atoms with Gasteiger partial charge in [-0.05, 0) is 0 Å². The van der Waals surface area contributed by atoms with Gasteiger partial charge in [-0.3, -0.25) is 0 Å². The number of rotatable bonds is 1. The van der Waals surface area contributed by atoms with Crippen molar-refractivity contribution >= 4 is 11.2 Å². The van der Waals surface area contributed by atoms with Crippen molar-refractivity contribution in [2.45, 2.75) is 19.8 Å². The van der Waals surface area contributed by atoms with Crippen LogP contribution >= 0.6 is 0 Å². The predicted octanol–water partition coefficient (Wildman–Crippen LogP) is 1.74. The lowest BCUT2D eigenvalue weighted by Gasteiger charge is -1.95. The third kappa shape index (κ3) is 0.958. The Hall–Kier alpha value is -1.45. The summed E-state index contributed by atoms with van der Waals surface area (Å²) in [6.07, 6.45) is 3.24. The Morgan fingerprint density at radius 2 is 2.00 bits per heavy atom. The summed E-state index contributed by atoms with van der Waals surface area (Å²) in [5.74, 6) is 0.322. The van der Waals surface area contributed by atoms with Gasteiger partial charge in [0.1, 0.15) is 5.69 Å². The van der Waals surface area contributed by atoms with E-state index < -0.39 is 0 Å². The highest BCUT2D eigenvalue weighted by atomic mass is 16.5. The molecule has 0 atom stereocenters. The highest BCUT2D eigenvalue weighted by Gasteiger charge is 2.12. The van der Waals surface area contributed by atoms with Crippen LogP contribution in [-0.2, 0) is 0 Å². The SMILES string of the molecule is CC(C)c1noc2nccnc12. The van der Waals surface area contributed by atoms with E-state index >= 15 is 0 Å². The van der Waals surface area contributed by atoms with Gasteiger partial charge in [0, 0.05) is 18.3 Å². The molecular formula is C8H9N3O. The minimum Gasteiger partial charge on any atom is -0.334 e. The summed E-state index contributed by atoms with van der Waals surface area (Å²) >= 11 is 0. The molecule has 0 amide bonds. The molecule has 0 fully saturated rings. The molecule has 4 nitrogen and oxygen atoms in total. The lowest BCUT2D eigenvalue weighted by atomic mass is 10.1. The van der Waals surface area contributed by atoms with Crippen LogP contribution < -0.4 is 0 Å². The summed E-state index contributed by atoms with van der Waals surface area (Å²) in [6, 6.07) is 0. The Bertz CT molecular complexity index is 394. The summed E-state index contributed by atoms with van der Waals surface area (Å²) in [4.78, 5) is 8.14. The first kappa shape index (κ1) is 7.21. The Morgan fingerprint density at radius 3 is 2.75 bits per heavy atom. The number of aromatic nitrogens is 3. The van der Waals surface area contributed by atoms with E-state index in [9.17, 15) is 0 Å². The van der Waals surface area contributed by atoms with Crippen molar-refractivity contribution < 1.29 is 4.52 Å². The summed E-state index contributed by atoms with van der Waals surface area (Å²) in [5, 5.41) is 3.89. The predicted molar refractivity (Wildman–Crippen MR) is 43.7 cm³/mol. The molecule has 0 bridgehead atoms. The molecule has 0 spiro atoms. The Labute approximate surface area is 69.6 Å². The first-order chi connectivity index (χ1) is 5.79. The van der Waals surface area contributed by atoms with Crippen LogP contribution in [0.2, 0.25) is 0 Å². The second-order valence-electron chi connectivity index (χ2n) is 2.93. The highest BCUT2D eigenvalue weighted by molar-refractivity contribution is 5.70. The van der Waals surface area contributed by atoms with Gasteiger partial charge in [-0.15, -0.1) is 0 Å². The van der Waals surface area contributed by atoms with Crippen molar-refractivity contribution in [3.63, 3.8) is 0 Å². The Morgan fingerprint density at radius 1 is 1.25 bits per heavy atom. The van der Waals surface area contributed by atoms with Crippen LogP contribution in [0.15, 0.2) is 16.9 Å². The molecule has 0 radical (unpaired) electrons. The van der Waals surface area contributed by atoms with E-state index in [1.807, 2.05) is 13.8 Å². The molecule has 2 aromatic rings. The molecule has 0 saturated heterocycles. The maximum absolute atomic E-state index is 4.99. The molecule has 12 heavy (non-hydrogen) atoms. The first-order valence-electron chi connectivity index (χ1n) is 3.85. The van der Waals surface area contributed by atoms with Crippen molar-refractivity contribution in [2.75, 3.05) is 0 Å². The van der Waals surface area contributed by atoms with Crippen molar-refractivity contribution in [2.24, 2.45) is 0 Å². The fourth-order valence-corrected chi connectivity index (χ4v) is 1.08. The summed E-state index contributed by atoms with van der Waals surface area (Å²) in [5.41, 5.74) is 2.16. The van der Waals surface area contributed by atoms with Crippen molar-refractivity contribution in [3.8, 4) is 0 Å². The minimum atomic E-state index is 0.322. The molecule has 2 heterocycles. The van der Waals surface area contributed by atoms with Crippen molar-refractivity contribution in [1.29, 1.82) is 0 Å². The normalized spacial score (nSPS) is 11.2. The molecular weight excluding hydrogens is 154 g/mol. The molecule has 0 aliphatic rings. The van der Waals surface area contributed by atoms with E-state index in [1.54, 1.807) is 12.4 Å². The number of hydrogen-bond acceptors (Lipinski definition) is 4. The standard InChI is InChI=1S/C8H9N3O/c1-5(2)6-7-8(12-11-6)10-4-3-9-7/h3-5H,1-2H3.